The van der Waals surface area contributed by atoms with Crippen molar-refractivity contribution in [1.29, 1.82) is 0 Å². The minimum absolute atomic E-state index is 0.000889. The van der Waals surface area contributed by atoms with Crippen molar-refractivity contribution in [2.45, 2.75) is 46.0 Å². The highest BCUT2D eigenvalue weighted by Gasteiger charge is 2.32. The summed E-state index contributed by atoms with van der Waals surface area (Å²) in [5.41, 5.74) is 5.01. The Hall–Kier alpha value is -2.80. The van der Waals surface area contributed by atoms with Gasteiger partial charge in [0.15, 0.2) is 0 Å². The van der Waals surface area contributed by atoms with Crippen LogP contribution >= 0.6 is 11.6 Å². The molecule has 0 fully saturated rings. The summed E-state index contributed by atoms with van der Waals surface area (Å²) in [6.45, 7) is 7.69. The second-order valence-electron chi connectivity index (χ2n) is 7.52. The maximum atomic E-state index is 13.0. The lowest BCUT2D eigenvalue weighted by atomic mass is 10.0. The highest BCUT2D eigenvalue weighted by molar-refractivity contribution is 6.33. The number of hydrogen-bond acceptors (Lipinski definition) is 3. The summed E-state index contributed by atoms with van der Waals surface area (Å²) in [5, 5.41) is 0.287. The Morgan fingerprint density at radius 3 is 2.00 bits per heavy atom. The number of halogens is 4. The lowest BCUT2D eigenvalue weighted by Gasteiger charge is -2.30. The molecule has 4 nitrogen and oxygen atoms in total. The van der Waals surface area contributed by atoms with E-state index in [4.69, 9.17) is 17.3 Å². The van der Waals surface area contributed by atoms with Gasteiger partial charge in [-0.15, -0.1) is 0 Å². The molecule has 0 bridgehead atoms. The number of hydrogen-bond donors (Lipinski definition) is 1. The second kappa shape index (κ2) is 10.0. The van der Waals surface area contributed by atoms with Gasteiger partial charge in [-0.25, -0.2) is 4.99 Å². The number of nitrogens with two attached hydrogens (primary N) is 1. The summed E-state index contributed by atoms with van der Waals surface area (Å²) < 4.78 is 39.1. The molecule has 2 N–H and O–H groups in total. The zero-order valence-corrected chi connectivity index (χ0v) is 18.5. The maximum absolute atomic E-state index is 13.0. The fraction of sp³-hybridized carbons (Fsp3) is 0.304. The Labute approximate surface area is 185 Å². The summed E-state index contributed by atoms with van der Waals surface area (Å²) in [6, 6.07) is 12.8. The summed E-state index contributed by atoms with van der Waals surface area (Å²) in [7, 11) is 0. The topological polar surface area (TPSA) is 58.7 Å². The molecule has 0 aromatic heterocycles. The van der Waals surface area contributed by atoms with E-state index < -0.39 is 11.9 Å². The Morgan fingerprint density at radius 2 is 1.52 bits per heavy atom. The van der Waals surface area contributed by atoms with Gasteiger partial charge in [-0.1, -0.05) is 35.9 Å². The van der Waals surface area contributed by atoms with E-state index in [0.29, 0.717) is 16.8 Å². The molecular weight excluding hydrogens is 427 g/mol. The molecule has 2 aromatic carbocycles. The quantitative estimate of drug-likeness (QED) is 0.537. The predicted molar refractivity (Wildman–Crippen MR) is 119 cm³/mol. The van der Waals surface area contributed by atoms with Crippen LogP contribution in [0.15, 0.2) is 65.3 Å². The molecule has 0 aliphatic carbocycles. The molecule has 0 aliphatic heterocycles. The van der Waals surface area contributed by atoms with Crippen molar-refractivity contribution in [3.63, 3.8) is 0 Å². The van der Waals surface area contributed by atoms with E-state index in [-0.39, 0.29) is 28.7 Å². The summed E-state index contributed by atoms with van der Waals surface area (Å²) >= 11 is 6.11. The lowest BCUT2D eigenvalue weighted by molar-refractivity contribution is -0.0925. The molecule has 8 heteroatoms. The van der Waals surface area contributed by atoms with Crippen LogP contribution in [0.1, 0.15) is 43.6 Å². The third-order valence-electron chi connectivity index (χ3n) is 4.49. The number of carbonyl (C=O) groups excluding carboxylic acids is 1. The molecule has 0 atom stereocenters. The van der Waals surface area contributed by atoms with Gasteiger partial charge >= 0.3 is 6.18 Å². The van der Waals surface area contributed by atoms with Gasteiger partial charge in [-0.05, 0) is 58.0 Å². The molecule has 0 saturated carbocycles. The summed E-state index contributed by atoms with van der Waals surface area (Å²) in [4.78, 5) is 18.9. The Balaban J connectivity index is 2.51. The monoisotopic (exact) mass is 451 g/mol. The molecule has 0 aliphatic rings. The Morgan fingerprint density at radius 1 is 1.00 bits per heavy atom. The van der Waals surface area contributed by atoms with Crippen molar-refractivity contribution >= 4 is 28.9 Å². The number of para-hydroxylation sites is 1. The molecule has 2 aromatic rings. The van der Waals surface area contributed by atoms with Crippen LogP contribution < -0.4 is 5.73 Å². The van der Waals surface area contributed by atoms with Crippen LogP contribution in [0.4, 0.5) is 18.9 Å². The van der Waals surface area contributed by atoms with Crippen molar-refractivity contribution in [1.82, 2.24) is 4.90 Å². The van der Waals surface area contributed by atoms with Gasteiger partial charge in [0.25, 0.3) is 5.91 Å². The molecule has 1 amide bonds. The molecule has 0 unspecified atom stereocenters. The lowest BCUT2D eigenvalue weighted by Crippen LogP contribution is -2.42. The molecule has 166 valence electrons. The third kappa shape index (κ3) is 6.34. The van der Waals surface area contributed by atoms with Gasteiger partial charge < -0.3 is 10.6 Å². The molecule has 0 radical (unpaired) electrons. The Kier molecular flexibility index (Phi) is 7.90. The highest BCUT2D eigenvalue weighted by atomic mass is 35.5. The largest absolute Gasteiger partial charge is 0.430 e. The molecule has 31 heavy (non-hydrogen) atoms. The van der Waals surface area contributed by atoms with Gasteiger partial charge in [-0.2, -0.15) is 13.2 Å². The number of benzene rings is 2. The first kappa shape index (κ1) is 24.5. The molecular formula is C23H25ClF3N3O. The van der Waals surface area contributed by atoms with E-state index >= 15 is 0 Å². The summed E-state index contributed by atoms with van der Waals surface area (Å²) in [5.74, 6) is -0.161. The Bertz CT molecular complexity index is 972. The normalized spacial score (nSPS) is 13.1. The van der Waals surface area contributed by atoms with Crippen LogP contribution in [0.3, 0.4) is 0 Å². The first-order valence-electron chi connectivity index (χ1n) is 9.72. The van der Waals surface area contributed by atoms with E-state index in [0.717, 1.165) is 6.08 Å². The minimum Gasteiger partial charge on any atom is -0.395 e. The van der Waals surface area contributed by atoms with Crippen molar-refractivity contribution in [2.24, 2.45) is 10.7 Å². The zero-order valence-electron chi connectivity index (χ0n) is 17.7. The number of rotatable bonds is 6. The maximum Gasteiger partial charge on any atom is 0.430 e. The van der Waals surface area contributed by atoms with Crippen molar-refractivity contribution in [3.8, 4) is 0 Å². The van der Waals surface area contributed by atoms with Crippen molar-refractivity contribution in [3.05, 3.63) is 76.5 Å². The van der Waals surface area contributed by atoms with Gasteiger partial charge in [0.05, 0.1) is 16.4 Å². The van der Waals surface area contributed by atoms with Gasteiger partial charge in [0.1, 0.15) is 5.70 Å². The van der Waals surface area contributed by atoms with Gasteiger partial charge in [-0.3, -0.25) is 4.79 Å². The van der Waals surface area contributed by atoms with Crippen LogP contribution in [0.5, 0.6) is 0 Å². The first-order chi connectivity index (χ1) is 14.4. The van der Waals surface area contributed by atoms with E-state index in [1.54, 1.807) is 53.4 Å². The second-order valence-corrected chi connectivity index (χ2v) is 7.93. The van der Waals surface area contributed by atoms with Crippen LogP contribution in [0.2, 0.25) is 5.02 Å². The van der Waals surface area contributed by atoms with Crippen LogP contribution in [0, 0.1) is 0 Å². The van der Waals surface area contributed by atoms with E-state index in [1.807, 2.05) is 27.7 Å². The highest BCUT2D eigenvalue weighted by Crippen LogP contribution is 2.27. The SMILES string of the molecule is CC(C)N(C(=O)c1ccc(C(/C=C(\N)C(F)(F)F)=Nc2ccccc2Cl)cc1)C(C)C. The van der Waals surface area contributed by atoms with Gasteiger partial charge in [0.2, 0.25) is 0 Å². The van der Waals surface area contributed by atoms with Crippen LogP contribution in [-0.2, 0) is 0 Å². The van der Waals surface area contributed by atoms with E-state index in [2.05, 4.69) is 4.99 Å². The predicted octanol–water partition coefficient (Wildman–Crippen LogP) is 6.12. The number of alkyl halides is 3. The van der Waals surface area contributed by atoms with Crippen LogP contribution in [-0.4, -0.2) is 34.8 Å². The number of carbonyl (C=O) groups is 1. The molecule has 0 spiro atoms. The average Bonchev–Trinajstić information content (AvgIpc) is 2.67. The van der Waals surface area contributed by atoms with E-state index in [1.165, 1.54) is 0 Å². The number of amides is 1. The van der Waals surface area contributed by atoms with Crippen LogP contribution in [0.25, 0.3) is 0 Å². The average molecular weight is 452 g/mol. The van der Waals surface area contributed by atoms with Crippen molar-refractivity contribution in [2.75, 3.05) is 0 Å². The standard InChI is InChI=1S/C23H25ClF3N3O/c1-14(2)30(15(3)4)22(31)17-11-9-16(10-12-17)20(13-21(28)23(25,26)27)29-19-8-6-5-7-18(19)24/h5-15H,28H2,1-4H3/b21-13-,29-20?. The molecule has 2 rings (SSSR count). The van der Waals surface area contributed by atoms with Gasteiger partial charge in [0, 0.05) is 23.2 Å². The first-order valence-corrected chi connectivity index (χ1v) is 10.1. The van der Waals surface area contributed by atoms with Crippen molar-refractivity contribution < 1.29 is 18.0 Å². The fourth-order valence-electron chi connectivity index (χ4n) is 3.08. The third-order valence-corrected chi connectivity index (χ3v) is 4.81. The summed E-state index contributed by atoms with van der Waals surface area (Å²) in [6.07, 6.45) is -3.94. The molecule has 0 saturated heterocycles. The van der Waals surface area contributed by atoms with E-state index in [9.17, 15) is 18.0 Å². The number of allylic oxidation sites excluding steroid dienone is 2. The molecule has 0 heterocycles. The number of aliphatic imine (C=N–C) groups is 1. The number of nitrogens with zero attached hydrogens (tertiary/aromatic N) is 2. The smallest absolute Gasteiger partial charge is 0.395 e. The minimum atomic E-state index is -4.70. The zero-order chi connectivity index (χ0) is 23.3. The fourth-order valence-corrected chi connectivity index (χ4v) is 3.26.